The highest BCUT2D eigenvalue weighted by atomic mass is 35.5. The van der Waals surface area contributed by atoms with Crippen LogP contribution in [0.2, 0.25) is 5.02 Å². The number of carbonyl (C=O) groups is 1. The number of nitrogens with one attached hydrogen (secondary N) is 1. The third-order valence-corrected chi connectivity index (χ3v) is 5.94. The highest BCUT2D eigenvalue weighted by molar-refractivity contribution is 7.80. The molecule has 11 heteroatoms. The molecular weight excluding hydrogens is 474 g/mol. The van der Waals surface area contributed by atoms with Gasteiger partial charge < -0.3 is 25.4 Å². The molecule has 0 saturated carbocycles. The Morgan fingerprint density at radius 1 is 1.30 bits per heavy atom. The zero-order valence-electron chi connectivity index (χ0n) is 17.4. The number of thiocarbonyl (C=S) groups is 1. The second-order valence-electron chi connectivity index (χ2n) is 7.35. The van der Waals surface area contributed by atoms with Gasteiger partial charge in [0.25, 0.3) is 5.91 Å². The van der Waals surface area contributed by atoms with Crippen LogP contribution in [0.5, 0.6) is 17.2 Å². The number of anilines is 1. The van der Waals surface area contributed by atoms with E-state index in [0.717, 1.165) is 0 Å². The van der Waals surface area contributed by atoms with Gasteiger partial charge in [-0.25, -0.2) is 8.78 Å². The second-order valence-corrected chi connectivity index (χ2v) is 8.11. The molecule has 0 aliphatic carbocycles. The standard InChI is InChI=1S/C22H19ClF2N4O3S/c1-31-18-9-15-12(8-13(18)21(26)30)16(4-6-27-15)32-17-3-2-14(19(23)20(17)25)28-22(33)29-7-5-11(24)10-29/h2-4,6,8-9,11H,5,7,10H2,1H3,(H2,26,30)(H,28,33)/t11-/m1/s1. The molecule has 3 N–H and O–H groups in total. The SMILES string of the molecule is COc1cc2nccc(Oc3ccc(NC(=S)N4CC[C@@H](F)C4)c(Cl)c3F)c2cc1C(N)=O. The Kier molecular flexibility index (Phi) is 6.48. The average Bonchev–Trinajstić information content (AvgIpc) is 3.24. The molecule has 3 aromatic rings. The van der Waals surface area contributed by atoms with E-state index in [4.69, 9.17) is 39.0 Å². The Hall–Kier alpha value is -3.24. The number of likely N-dealkylation sites (tertiary alicyclic amines) is 1. The van der Waals surface area contributed by atoms with Crippen molar-refractivity contribution >= 4 is 51.4 Å². The first-order valence-electron chi connectivity index (χ1n) is 9.91. The molecule has 0 bridgehead atoms. The van der Waals surface area contributed by atoms with Crippen molar-refractivity contribution in [1.29, 1.82) is 0 Å². The predicted octanol–water partition coefficient (Wildman–Crippen LogP) is 4.67. The first-order chi connectivity index (χ1) is 15.8. The molecule has 33 heavy (non-hydrogen) atoms. The molecule has 2 heterocycles. The lowest BCUT2D eigenvalue weighted by Gasteiger charge is -2.20. The highest BCUT2D eigenvalue weighted by Crippen LogP contribution is 2.37. The molecule has 4 rings (SSSR count). The number of amides is 1. The van der Waals surface area contributed by atoms with Gasteiger partial charge in [-0.1, -0.05) is 11.6 Å². The summed E-state index contributed by atoms with van der Waals surface area (Å²) in [7, 11) is 1.41. The van der Waals surface area contributed by atoms with Crippen molar-refractivity contribution in [1.82, 2.24) is 9.88 Å². The van der Waals surface area contributed by atoms with Gasteiger partial charge in [0.15, 0.2) is 16.7 Å². The largest absolute Gasteiger partial charge is 0.496 e. The second kappa shape index (κ2) is 9.32. The number of hydrogen-bond acceptors (Lipinski definition) is 5. The zero-order chi connectivity index (χ0) is 23.7. The lowest BCUT2D eigenvalue weighted by atomic mass is 10.1. The third-order valence-electron chi connectivity index (χ3n) is 5.21. The number of halogens is 3. The first kappa shape index (κ1) is 22.9. The zero-order valence-corrected chi connectivity index (χ0v) is 19.0. The Labute approximate surface area is 198 Å². The molecule has 1 aliphatic rings. The number of fused-ring (bicyclic) bond motifs is 1. The summed E-state index contributed by atoms with van der Waals surface area (Å²) in [5, 5.41) is 3.32. The topological polar surface area (TPSA) is 89.7 Å². The van der Waals surface area contributed by atoms with E-state index >= 15 is 4.39 Å². The first-order valence-corrected chi connectivity index (χ1v) is 10.7. The van der Waals surface area contributed by atoms with Crippen LogP contribution in [-0.4, -0.2) is 47.3 Å². The molecule has 1 amide bonds. The number of primary amides is 1. The molecule has 2 aromatic carbocycles. The predicted molar refractivity (Wildman–Crippen MR) is 126 cm³/mol. The fraction of sp³-hybridized carbons (Fsp3) is 0.227. The maximum absolute atomic E-state index is 15.0. The van der Waals surface area contributed by atoms with Crippen LogP contribution in [0.1, 0.15) is 16.8 Å². The van der Waals surface area contributed by atoms with Crippen molar-refractivity contribution in [3.05, 3.63) is 52.9 Å². The van der Waals surface area contributed by atoms with Gasteiger partial charge in [0, 0.05) is 24.2 Å². The molecule has 1 saturated heterocycles. The van der Waals surface area contributed by atoms with Crippen molar-refractivity contribution in [3.8, 4) is 17.2 Å². The van der Waals surface area contributed by atoms with Crippen molar-refractivity contribution in [2.24, 2.45) is 5.73 Å². The summed E-state index contributed by atoms with van der Waals surface area (Å²) in [5.41, 5.74) is 6.26. The van der Waals surface area contributed by atoms with E-state index in [0.29, 0.717) is 23.9 Å². The number of pyridine rings is 1. The highest BCUT2D eigenvalue weighted by Gasteiger charge is 2.25. The van der Waals surface area contributed by atoms with Crippen molar-refractivity contribution < 1.29 is 23.0 Å². The molecule has 1 aliphatic heterocycles. The molecule has 1 aromatic heterocycles. The number of ether oxygens (including phenoxy) is 2. The van der Waals surface area contributed by atoms with Gasteiger partial charge in [-0.3, -0.25) is 9.78 Å². The van der Waals surface area contributed by atoms with Gasteiger partial charge in [0.1, 0.15) is 22.7 Å². The number of nitrogens with two attached hydrogens (primary N) is 1. The van der Waals surface area contributed by atoms with Gasteiger partial charge in [-0.05, 0) is 42.9 Å². The van der Waals surface area contributed by atoms with Crippen molar-refractivity contribution in [2.75, 3.05) is 25.5 Å². The van der Waals surface area contributed by atoms with E-state index in [-0.39, 0.29) is 45.2 Å². The summed E-state index contributed by atoms with van der Waals surface area (Å²) < 4.78 is 39.4. The normalized spacial score (nSPS) is 15.5. The maximum atomic E-state index is 15.0. The number of alkyl halides is 1. The van der Waals surface area contributed by atoms with Gasteiger partial charge in [-0.2, -0.15) is 0 Å². The third kappa shape index (κ3) is 4.62. The average molecular weight is 493 g/mol. The summed E-state index contributed by atoms with van der Waals surface area (Å²) in [5.74, 6) is -1.16. The number of hydrogen-bond donors (Lipinski definition) is 2. The van der Waals surface area contributed by atoms with Crippen molar-refractivity contribution in [3.63, 3.8) is 0 Å². The smallest absolute Gasteiger partial charge is 0.252 e. The van der Waals surface area contributed by atoms with Crippen LogP contribution >= 0.6 is 23.8 Å². The number of carbonyl (C=O) groups excluding carboxylic acids is 1. The van der Waals surface area contributed by atoms with E-state index in [2.05, 4.69) is 10.3 Å². The molecule has 0 spiro atoms. The summed E-state index contributed by atoms with van der Waals surface area (Å²) in [6, 6.07) is 7.44. The number of methoxy groups -OCH3 is 1. The van der Waals surface area contributed by atoms with E-state index in [1.807, 2.05) is 0 Å². The Bertz CT molecular complexity index is 1260. The van der Waals surface area contributed by atoms with Gasteiger partial charge >= 0.3 is 0 Å². The fourth-order valence-corrected chi connectivity index (χ4v) is 4.00. The fourth-order valence-electron chi connectivity index (χ4n) is 3.52. The number of aromatic nitrogens is 1. The van der Waals surface area contributed by atoms with E-state index in [1.165, 1.54) is 37.6 Å². The van der Waals surface area contributed by atoms with E-state index < -0.39 is 17.9 Å². The van der Waals surface area contributed by atoms with Crippen molar-refractivity contribution in [2.45, 2.75) is 12.6 Å². The van der Waals surface area contributed by atoms with Crippen LogP contribution in [0, 0.1) is 5.82 Å². The van der Waals surface area contributed by atoms with Crippen LogP contribution in [0.3, 0.4) is 0 Å². The molecule has 172 valence electrons. The van der Waals surface area contributed by atoms with Gasteiger partial charge in [0.2, 0.25) is 0 Å². The number of benzene rings is 2. The summed E-state index contributed by atoms with van der Waals surface area (Å²) in [6.07, 6.45) is 0.918. The van der Waals surface area contributed by atoms with E-state index in [9.17, 15) is 9.18 Å². The maximum Gasteiger partial charge on any atom is 0.252 e. The summed E-state index contributed by atoms with van der Waals surface area (Å²) in [6.45, 7) is 0.655. The Balaban J connectivity index is 1.63. The van der Waals surface area contributed by atoms with Crippen LogP contribution in [0.25, 0.3) is 10.9 Å². The summed E-state index contributed by atoms with van der Waals surface area (Å²) in [4.78, 5) is 17.7. The minimum Gasteiger partial charge on any atom is -0.496 e. The molecular formula is C22H19ClF2N4O3S. The molecule has 0 radical (unpaired) electrons. The van der Waals surface area contributed by atoms with Crippen LogP contribution in [0.15, 0.2) is 36.5 Å². The van der Waals surface area contributed by atoms with Gasteiger partial charge in [0.05, 0.1) is 30.4 Å². The van der Waals surface area contributed by atoms with E-state index in [1.54, 1.807) is 11.0 Å². The molecule has 1 atom stereocenters. The minimum atomic E-state index is -0.946. The molecule has 7 nitrogen and oxygen atoms in total. The molecule has 0 unspecified atom stereocenters. The monoisotopic (exact) mass is 492 g/mol. The number of nitrogens with zero attached hydrogens (tertiary/aromatic N) is 2. The Morgan fingerprint density at radius 2 is 2.09 bits per heavy atom. The minimum absolute atomic E-state index is 0.131. The van der Waals surface area contributed by atoms with Crippen LogP contribution < -0.4 is 20.5 Å². The Morgan fingerprint density at radius 3 is 2.76 bits per heavy atom. The lowest BCUT2D eigenvalue weighted by Crippen LogP contribution is -2.33. The van der Waals surface area contributed by atoms with Gasteiger partial charge in [-0.15, -0.1) is 0 Å². The lowest BCUT2D eigenvalue weighted by molar-refractivity contribution is 0.0997. The summed E-state index contributed by atoms with van der Waals surface area (Å²) >= 11 is 11.5. The number of rotatable bonds is 5. The van der Waals surface area contributed by atoms with Crippen LogP contribution in [-0.2, 0) is 0 Å². The quantitative estimate of drug-likeness (QED) is 0.500. The molecule has 1 fully saturated rings. The van der Waals surface area contributed by atoms with Crippen LogP contribution in [0.4, 0.5) is 14.5 Å².